The molecular weight excluding hydrogens is 260 g/mol. The van der Waals surface area contributed by atoms with Crippen LogP contribution in [0.5, 0.6) is 0 Å². The van der Waals surface area contributed by atoms with Gasteiger partial charge in [-0.3, -0.25) is 4.72 Å². The van der Waals surface area contributed by atoms with Gasteiger partial charge in [0, 0.05) is 5.69 Å². The van der Waals surface area contributed by atoms with Gasteiger partial charge in [0.05, 0.1) is 4.90 Å². The van der Waals surface area contributed by atoms with E-state index in [9.17, 15) is 8.42 Å². The molecule has 19 heavy (non-hydrogen) atoms. The highest BCUT2D eigenvalue weighted by Crippen LogP contribution is 2.15. The van der Waals surface area contributed by atoms with Crippen LogP contribution in [0.1, 0.15) is 18.2 Å². The van der Waals surface area contributed by atoms with Crippen molar-refractivity contribution in [3.8, 4) is 0 Å². The zero-order valence-corrected chi connectivity index (χ0v) is 11.7. The van der Waals surface area contributed by atoms with E-state index in [0.717, 1.165) is 17.7 Å². The molecule has 100 valence electrons. The molecule has 2 aromatic rings. The van der Waals surface area contributed by atoms with E-state index in [4.69, 9.17) is 0 Å². The quantitative estimate of drug-likeness (QED) is 0.934. The second kappa shape index (κ2) is 5.40. The first-order valence-electron chi connectivity index (χ1n) is 6.06. The average molecular weight is 276 g/mol. The number of aryl methyl sites for hydroxylation is 2. The minimum Gasteiger partial charge on any atom is -0.263 e. The summed E-state index contributed by atoms with van der Waals surface area (Å²) in [6.45, 7) is 3.89. The molecule has 1 aromatic carbocycles. The lowest BCUT2D eigenvalue weighted by Gasteiger charge is -2.08. The highest BCUT2D eigenvalue weighted by atomic mass is 32.2. The van der Waals surface area contributed by atoms with Gasteiger partial charge < -0.3 is 0 Å². The maximum atomic E-state index is 12.2. The van der Waals surface area contributed by atoms with Gasteiger partial charge in [0.15, 0.2) is 0 Å². The van der Waals surface area contributed by atoms with E-state index in [1.54, 1.807) is 36.4 Å². The summed E-state index contributed by atoms with van der Waals surface area (Å²) in [5.41, 5.74) is 1.87. The van der Waals surface area contributed by atoms with Gasteiger partial charge >= 0.3 is 0 Å². The number of benzene rings is 1. The molecule has 1 heterocycles. The molecule has 0 amide bonds. The maximum Gasteiger partial charge on any atom is 0.263 e. The van der Waals surface area contributed by atoms with Crippen LogP contribution >= 0.6 is 0 Å². The molecular formula is C14H16N2O2S. The molecule has 5 heteroatoms. The van der Waals surface area contributed by atoms with Gasteiger partial charge in [-0.15, -0.1) is 0 Å². The number of rotatable bonds is 4. The summed E-state index contributed by atoms with van der Waals surface area (Å²) >= 11 is 0. The van der Waals surface area contributed by atoms with E-state index in [-0.39, 0.29) is 4.90 Å². The van der Waals surface area contributed by atoms with Crippen molar-refractivity contribution in [1.29, 1.82) is 0 Å². The first kappa shape index (κ1) is 13.5. The summed E-state index contributed by atoms with van der Waals surface area (Å²) in [5, 5.41) is 0. The Morgan fingerprint density at radius 1 is 1.11 bits per heavy atom. The lowest BCUT2D eigenvalue weighted by molar-refractivity contribution is 0.601. The fourth-order valence-electron chi connectivity index (χ4n) is 1.65. The second-order valence-corrected chi connectivity index (χ2v) is 5.97. The summed E-state index contributed by atoms with van der Waals surface area (Å²) in [6, 6.07) is 12.0. The van der Waals surface area contributed by atoms with E-state index in [2.05, 4.69) is 9.71 Å². The number of hydrogen-bond acceptors (Lipinski definition) is 3. The van der Waals surface area contributed by atoms with Crippen molar-refractivity contribution in [3.05, 3.63) is 53.7 Å². The molecule has 1 aromatic heterocycles. The Morgan fingerprint density at radius 2 is 1.79 bits per heavy atom. The van der Waals surface area contributed by atoms with E-state index in [1.165, 1.54) is 0 Å². The van der Waals surface area contributed by atoms with E-state index < -0.39 is 10.0 Å². The fourth-order valence-corrected chi connectivity index (χ4v) is 2.65. The third-order valence-corrected chi connectivity index (χ3v) is 4.11. The zero-order valence-electron chi connectivity index (χ0n) is 10.9. The van der Waals surface area contributed by atoms with Crippen LogP contribution in [0.25, 0.3) is 0 Å². The van der Waals surface area contributed by atoms with Crippen LogP contribution in [-0.4, -0.2) is 13.4 Å². The van der Waals surface area contributed by atoms with Gasteiger partial charge in [0.2, 0.25) is 0 Å². The highest BCUT2D eigenvalue weighted by molar-refractivity contribution is 7.92. The van der Waals surface area contributed by atoms with Crippen LogP contribution in [0, 0.1) is 6.92 Å². The van der Waals surface area contributed by atoms with Gasteiger partial charge in [-0.25, -0.2) is 13.4 Å². The van der Waals surface area contributed by atoms with Crippen molar-refractivity contribution < 1.29 is 8.42 Å². The number of sulfonamides is 1. The van der Waals surface area contributed by atoms with Crippen molar-refractivity contribution in [1.82, 2.24) is 4.98 Å². The number of nitrogens with one attached hydrogen (secondary N) is 1. The number of pyridine rings is 1. The van der Waals surface area contributed by atoms with E-state index in [1.807, 2.05) is 19.9 Å². The summed E-state index contributed by atoms with van der Waals surface area (Å²) in [7, 11) is -3.57. The number of anilines is 1. The summed E-state index contributed by atoms with van der Waals surface area (Å²) in [6.07, 6.45) is 0.764. The Kier molecular flexibility index (Phi) is 3.85. The fraction of sp³-hybridized carbons (Fsp3) is 0.214. The highest BCUT2D eigenvalue weighted by Gasteiger charge is 2.14. The summed E-state index contributed by atoms with van der Waals surface area (Å²) in [5.74, 6) is 0.347. The van der Waals surface area contributed by atoms with Crippen LogP contribution in [-0.2, 0) is 16.4 Å². The zero-order chi connectivity index (χ0) is 13.9. The van der Waals surface area contributed by atoms with Gasteiger partial charge in [0.1, 0.15) is 5.82 Å². The van der Waals surface area contributed by atoms with Gasteiger partial charge in [-0.1, -0.05) is 30.7 Å². The van der Waals surface area contributed by atoms with E-state index >= 15 is 0 Å². The van der Waals surface area contributed by atoms with Crippen LogP contribution in [0.15, 0.2) is 47.4 Å². The Hall–Kier alpha value is -1.88. The predicted octanol–water partition coefficient (Wildman–Crippen LogP) is 2.75. The molecule has 1 N–H and O–H groups in total. The molecule has 0 aliphatic heterocycles. The normalized spacial score (nSPS) is 11.3. The van der Waals surface area contributed by atoms with Crippen molar-refractivity contribution in [2.24, 2.45) is 0 Å². The molecule has 2 rings (SSSR count). The van der Waals surface area contributed by atoms with E-state index in [0.29, 0.717) is 5.82 Å². The Labute approximate surface area is 113 Å². The minimum absolute atomic E-state index is 0.238. The molecule has 4 nitrogen and oxygen atoms in total. The van der Waals surface area contributed by atoms with Crippen LogP contribution in [0.3, 0.4) is 0 Å². The number of hydrogen-bond donors (Lipinski definition) is 1. The molecule has 0 unspecified atom stereocenters. The lowest BCUT2D eigenvalue weighted by atomic mass is 10.2. The average Bonchev–Trinajstić information content (AvgIpc) is 2.39. The molecule has 0 saturated heterocycles. The third-order valence-electron chi connectivity index (χ3n) is 2.74. The second-order valence-electron chi connectivity index (χ2n) is 4.29. The first-order chi connectivity index (χ1) is 9.01. The monoisotopic (exact) mass is 276 g/mol. The first-order valence-corrected chi connectivity index (χ1v) is 7.55. The summed E-state index contributed by atoms with van der Waals surface area (Å²) in [4.78, 5) is 4.47. The summed E-state index contributed by atoms with van der Waals surface area (Å²) < 4.78 is 26.8. The van der Waals surface area contributed by atoms with Crippen molar-refractivity contribution in [2.45, 2.75) is 25.2 Å². The largest absolute Gasteiger partial charge is 0.263 e. The van der Waals surface area contributed by atoms with Crippen molar-refractivity contribution in [2.75, 3.05) is 4.72 Å². The van der Waals surface area contributed by atoms with Gasteiger partial charge in [-0.05, 0) is 37.6 Å². The van der Waals surface area contributed by atoms with Gasteiger partial charge in [-0.2, -0.15) is 0 Å². The number of nitrogens with zero attached hydrogens (tertiary/aromatic N) is 1. The molecule has 0 bridgehead atoms. The standard InChI is InChI=1S/C14H16N2O2S/c1-3-12-5-4-6-14(15-12)16-19(17,18)13-9-7-11(2)8-10-13/h4-10H,3H2,1-2H3,(H,15,16). The Morgan fingerprint density at radius 3 is 2.42 bits per heavy atom. The predicted molar refractivity (Wildman–Crippen MR) is 75.6 cm³/mol. The van der Waals surface area contributed by atoms with Gasteiger partial charge in [0.25, 0.3) is 10.0 Å². The Balaban J connectivity index is 2.28. The molecule has 0 saturated carbocycles. The molecule has 0 atom stereocenters. The lowest BCUT2D eigenvalue weighted by Crippen LogP contribution is -2.14. The molecule has 0 spiro atoms. The number of aromatic nitrogens is 1. The van der Waals surface area contributed by atoms with Crippen molar-refractivity contribution >= 4 is 15.8 Å². The van der Waals surface area contributed by atoms with Crippen LogP contribution in [0.4, 0.5) is 5.82 Å². The van der Waals surface area contributed by atoms with Crippen molar-refractivity contribution in [3.63, 3.8) is 0 Å². The Bertz CT molecular complexity index is 664. The maximum absolute atomic E-state index is 12.2. The smallest absolute Gasteiger partial charge is 0.263 e. The van der Waals surface area contributed by atoms with Crippen LogP contribution < -0.4 is 4.72 Å². The SMILES string of the molecule is CCc1cccc(NS(=O)(=O)c2ccc(C)cc2)n1. The minimum atomic E-state index is -3.57. The molecule has 0 fully saturated rings. The van der Waals surface area contributed by atoms with Crippen LogP contribution in [0.2, 0.25) is 0 Å². The molecule has 0 aliphatic rings. The topological polar surface area (TPSA) is 59.1 Å². The third kappa shape index (κ3) is 3.32. The molecule has 0 radical (unpaired) electrons. The molecule has 0 aliphatic carbocycles.